The third-order valence-electron chi connectivity index (χ3n) is 4.09. The Bertz CT molecular complexity index is 305. The van der Waals surface area contributed by atoms with Gasteiger partial charge < -0.3 is 9.47 Å². The Labute approximate surface area is 112 Å². The van der Waals surface area contributed by atoms with E-state index >= 15 is 0 Å². The molecule has 18 heavy (non-hydrogen) atoms. The monoisotopic (exact) mass is 252 g/mol. The van der Waals surface area contributed by atoms with E-state index in [9.17, 15) is 0 Å². The van der Waals surface area contributed by atoms with Gasteiger partial charge in [-0.2, -0.15) is 0 Å². The largest absolute Gasteiger partial charge is 0.352 e. The van der Waals surface area contributed by atoms with Gasteiger partial charge in [0.2, 0.25) is 0 Å². The van der Waals surface area contributed by atoms with Crippen molar-refractivity contribution in [2.75, 3.05) is 13.2 Å². The molecule has 0 aromatic carbocycles. The van der Waals surface area contributed by atoms with Crippen molar-refractivity contribution in [3.63, 3.8) is 0 Å². The van der Waals surface area contributed by atoms with Crippen LogP contribution >= 0.6 is 0 Å². The van der Waals surface area contributed by atoms with Crippen LogP contribution in [-0.4, -0.2) is 19.5 Å². The van der Waals surface area contributed by atoms with Gasteiger partial charge in [-0.3, -0.25) is 0 Å². The molecule has 0 atom stereocenters. The summed E-state index contributed by atoms with van der Waals surface area (Å²) in [6.07, 6.45) is 8.42. The minimum Gasteiger partial charge on any atom is -0.352 e. The topological polar surface area (TPSA) is 18.5 Å². The summed E-state index contributed by atoms with van der Waals surface area (Å²) in [5.74, 6) is 0. The third kappa shape index (κ3) is 4.10. The highest BCUT2D eigenvalue weighted by Crippen LogP contribution is 2.36. The lowest BCUT2D eigenvalue weighted by atomic mass is 9.77. The zero-order chi connectivity index (χ0) is 13.2. The van der Waals surface area contributed by atoms with Crippen LogP contribution in [0.2, 0.25) is 0 Å². The van der Waals surface area contributed by atoms with E-state index in [1.807, 2.05) is 0 Å². The van der Waals surface area contributed by atoms with Crippen LogP contribution in [0, 0.1) is 10.8 Å². The Morgan fingerprint density at radius 3 is 2.33 bits per heavy atom. The molecule has 0 saturated carbocycles. The van der Waals surface area contributed by atoms with Gasteiger partial charge in [-0.05, 0) is 31.1 Å². The molecule has 2 nitrogen and oxygen atoms in total. The molecule has 2 rings (SSSR count). The van der Waals surface area contributed by atoms with Gasteiger partial charge in [-0.1, -0.05) is 39.3 Å². The molecule has 0 radical (unpaired) electrons. The fourth-order valence-corrected chi connectivity index (χ4v) is 2.55. The van der Waals surface area contributed by atoms with E-state index < -0.39 is 0 Å². The Morgan fingerprint density at radius 2 is 1.78 bits per heavy atom. The standard InChI is InChI=1S/C16H28O2/c1-15(2)9-7-13(8-10-15)5-6-14-17-11-16(3,4)12-18-14/h7,14H,5-6,8-12H2,1-4H3. The first kappa shape index (κ1) is 14.1. The summed E-state index contributed by atoms with van der Waals surface area (Å²) in [6, 6.07) is 0. The van der Waals surface area contributed by atoms with Gasteiger partial charge in [0.25, 0.3) is 0 Å². The van der Waals surface area contributed by atoms with Gasteiger partial charge in [0.15, 0.2) is 6.29 Å². The molecule has 1 fully saturated rings. The molecular formula is C16H28O2. The summed E-state index contributed by atoms with van der Waals surface area (Å²) in [5.41, 5.74) is 2.29. The van der Waals surface area contributed by atoms with Gasteiger partial charge >= 0.3 is 0 Å². The number of allylic oxidation sites excluding steroid dienone is 2. The Morgan fingerprint density at radius 1 is 1.11 bits per heavy atom. The molecule has 0 amide bonds. The van der Waals surface area contributed by atoms with Gasteiger partial charge in [0.1, 0.15) is 0 Å². The second-order valence-electron chi connectivity index (χ2n) is 7.49. The van der Waals surface area contributed by atoms with Gasteiger partial charge in [-0.25, -0.2) is 0 Å². The Balaban J connectivity index is 1.72. The summed E-state index contributed by atoms with van der Waals surface area (Å²) in [7, 11) is 0. The Hall–Kier alpha value is -0.340. The lowest BCUT2D eigenvalue weighted by Gasteiger charge is -2.35. The molecule has 2 heteroatoms. The zero-order valence-corrected chi connectivity index (χ0v) is 12.4. The summed E-state index contributed by atoms with van der Waals surface area (Å²) in [4.78, 5) is 0. The van der Waals surface area contributed by atoms with Crippen molar-refractivity contribution in [1.29, 1.82) is 0 Å². The summed E-state index contributed by atoms with van der Waals surface area (Å²) >= 11 is 0. The normalized spacial score (nSPS) is 27.9. The van der Waals surface area contributed by atoms with Crippen molar-refractivity contribution in [2.45, 2.75) is 66.1 Å². The molecule has 1 saturated heterocycles. The van der Waals surface area contributed by atoms with Gasteiger partial charge in [0, 0.05) is 11.8 Å². The molecule has 1 heterocycles. The van der Waals surface area contributed by atoms with Crippen LogP contribution in [-0.2, 0) is 9.47 Å². The van der Waals surface area contributed by atoms with Crippen LogP contribution in [0.5, 0.6) is 0 Å². The third-order valence-corrected chi connectivity index (χ3v) is 4.09. The number of ether oxygens (including phenoxy) is 2. The zero-order valence-electron chi connectivity index (χ0n) is 12.4. The van der Waals surface area contributed by atoms with E-state index in [0.717, 1.165) is 26.1 Å². The molecule has 0 spiro atoms. The fraction of sp³-hybridized carbons (Fsp3) is 0.875. The van der Waals surface area contributed by atoms with Gasteiger partial charge in [-0.15, -0.1) is 0 Å². The molecule has 0 aromatic heterocycles. The van der Waals surface area contributed by atoms with Crippen LogP contribution in [0.25, 0.3) is 0 Å². The molecule has 1 aliphatic heterocycles. The maximum atomic E-state index is 5.78. The van der Waals surface area contributed by atoms with E-state index in [2.05, 4.69) is 33.8 Å². The summed E-state index contributed by atoms with van der Waals surface area (Å²) in [6.45, 7) is 10.7. The van der Waals surface area contributed by atoms with Crippen LogP contribution in [0.15, 0.2) is 11.6 Å². The highest BCUT2D eigenvalue weighted by atomic mass is 16.7. The molecule has 104 valence electrons. The molecule has 1 aliphatic carbocycles. The molecule has 0 unspecified atom stereocenters. The minimum atomic E-state index is 0.0221. The number of rotatable bonds is 3. The van der Waals surface area contributed by atoms with E-state index in [4.69, 9.17) is 9.47 Å². The van der Waals surface area contributed by atoms with Gasteiger partial charge in [0.05, 0.1) is 13.2 Å². The van der Waals surface area contributed by atoms with Crippen molar-refractivity contribution >= 4 is 0 Å². The number of hydrogen-bond donors (Lipinski definition) is 0. The number of hydrogen-bond acceptors (Lipinski definition) is 2. The highest BCUT2D eigenvalue weighted by Gasteiger charge is 2.28. The van der Waals surface area contributed by atoms with E-state index in [1.165, 1.54) is 19.3 Å². The van der Waals surface area contributed by atoms with Crippen LogP contribution < -0.4 is 0 Å². The van der Waals surface area contributed by atoms with E-state index in [1.54, 1.807) is 5.57 Å². The van der Waals surface area contributed by atoms with Crippen LogP contribution in [0.3, 0.4) is 0 Å². The average molecular weight is 252 g/mol. The Kier molecular flexibility index (Phi) is 4.18. The predicted octanol–water partition coefficient (Wildman–Crippen LogP) is 4.30. The molecular weight excluding hydrogens is 224 g/mol. The van der Waals surface area contributed by atoms with Crippen molar-refractivity contribution in [1.82, 2.24) is 0 Å². The first-order valence-electron chi connectivity index (χ1n) is 7.28. The SMILES string of the molecule is CC1(C)CC=C(CCC2OCC(C)(C)CO2)CC1. The van der Waals surface area contributed by atoms with Crippen molar-refractivity contribution in [2.24, 2.45) is 10.8 Å². The first-order chi connectivity index (χ1) is 8.36. The second-order valence-corrected chi connectivity index (χ2v) is 7.49. The maximum absolute atomic E-state index is 5.78. The maximum Gasteiger partial charge on any atom is 0.157 e. The highest BCUT2D eigenvalue weighted by molar-refractivity contribution is 5.08. The fourth-order valence-electron chi connectivity index (χ4n) is 2.55. The van der Waals surface area contributed by atoms with E-state index in [0.29, 0.717) is 5.41 Å². The predicted molar refractivity (Wildman–Crippen MR) is 74.4 cm³/mol. The first-order valence-corrected chi connectivity index (χ1v) is 7.28. The van der Waals surface area contributed by atoms with Crippen molar-refractivity contribution < 1.29 is 9.47 Å². The van der Waals surface area contributed by atoms with Crippen LogP contribution in [0.4, 0.5) is 0 Å². The van der Waals surface area contributed by atoms with Crippen LogP contribution in [0.1, 0.15) is 59.8 Å². The molecule has 0 N–H and O–H groups in total. The smallest absolute Gasteiger partial charge is 0.157 e. The lowest BCUT2D eigenvalue weighted by molar-refractivity contribution is -0.223. The molecule has 0 bridgehead atoms. The minimum absolute atomic E-state index is 0.0221. The molecule has 0 aromatic rings. The lowest BCUT2D eigenvalue weighted by Crippen LogP contribution is -2.37. The van der Waals surface area contributed by atoms with E-state index in [-0.39, 0.29) is 11.7 Å². The summed E-state index contributed by atoms with van der Waals surface area (Å²) < 4.78 is 11.6. The summed E-state index contributed by atoms with van der Waals surface area (Å²) in [5, 5.41) is 0. The van der Waals surface area contributed by atoms with Crippen molar-refractivity contribution in [3.05, 3.63) is 11.6 Å². The average Bonchev–Trinajstić information content (AvgIpc) is 2.29. The van der Waals surface area contributed by atoms with Crippen molar-refractivity contribution in [3.8, 4) is 0 Å². The second kappa shape index (κ2) is 5.34. The quantitative estimate of drug-likeness (QED) is 0.697. The molecule has 2 aliphatic rings.